The first kappa shape index (κ1) is 13.0. The molecule has 0 spiro atoms. The number of amides is 1. The summed E-state index contributed by atoms with van der Waals surface area (Å²) < 4.78 is 18.4. The van der Waals surface area contributed by atoms with E-state index >= 15 is 0 Å². The first-order chi connectivity index (χ1) is 8.56. The molecule has 0 aliphatic heterocycles. The van der Waals surface area contributed by atoms with E-state index in [1.165, 1.54) is 18.2 Å². The Kier molecular flexibility index (Phi) is 3.95. The SMILES string of the molecule is Cc1cc(CNC(=O)c2ccc(F)cc2I)on1. The quantitative estimate of drug-likeness (QED) is 0.857. The summed E-state index contributed by atoms with van der Waals surface area (Å²) in [7, 11) is 0. The first-order valence-corrected chi connectivity index (χ1v) is 6.29. The Morgan fingerprint density at radius 3 is 2.89 bits per heavy atom. The highest BCUT2D eigenvalue weighted by atomic mass is 127. The summed E-state index contributed by atoms with van der Waals surface area (Å²) in [5.74, 6) is -0.0479. The van der Waals surface area contributed by atoms with Crippen LogP contribution in [-0.2, 0) is 6.54 Å². The van der Waals surface area contributed by atoms with Crippen molar-refractivity contribution in [3.63, 3.8) is 0 Å². The Balaban J connectivity index is 2.03. The second-order valence-electron chi connectivity index (χ2n) is 3.74. The largest absolute Gasteiger partial charge is 0.359 e. The summed E-state index contributed by atoms with van der Waals surface area (Å²) in [6, 6.07) is 5.78. The third kappa shape index (κ3) is 3.06. The van der Waals surface area contributed by atoms with Crippen molar-refractivity contribution in [3.8, 4) is 0 Å². The predicted octanol–water partition coefficient (Wildman–Crippen LogP) is 2.66. The molecule has 1 aromatic heterocycles. The van der Waals surface area contributed by atoms with Crippen LogP contribution in [0, 0.1) is 16.3 Å². The number of hydrogen-bond donors (Lipinski definition) is 1. The maximum Gasteiger partial charge on any atom is 0.252 e. The molecule has 94 valence electrons. The van der Waals surface area contributed by atoms with Gasteiger partial charge in [-0.15, -0.1) is 0 Å². The molecule has 0 saturated heterocycles. The number of aryl methyl sites for hydroxylation is 1. The smallest absolute Gasteiger partial charge is 0.252 e. The molecule has 1 aromatic carbocycles. The van der Waals surface area contributed by atoms with Crippen molar-refractivity contribution < 1.29 is 13.7 Å². The molecule has 1 amide bonds. The van der Waals surface area contributed by atoms with Crippen molar-refractivity contribution in [3.05, 3.63) is 50.7 Å². The van der Waals surface area contributed by atoms with Gasteiger partial charge in [-0.3, -0.25) is 4.79 Å². The van der Waals surface area contributed by atoms with E-state index in [2.05, 4.69) is 10.5 Å². The van der Waals surface area contributed by atoms with Crippen LogP contribution >= 0.6 is 22.6 Å². The van der Waals surface area contributed by atoms with Gasteiger partial charge >= 0.3 is 0 Å². The minimum Gasteiger partial charge on any atom is -0.359 e. The van der Waals surface area contributed by atoms with Gasteiger partial charge in [0, 0.05) is 9.64 Å². The highest BCUT2D eigenvalue weighted by Crippen LogP contribution is 2.14. The van der Waals surface area contributed by atoms with E-state index < -0.39 is 0 Å². The summed E-state index contributed by atoms with van der Waals surface area (Å²) in [5, 5.41) is 6.41. The number of hydrogen-bond acceptors (Lipinski definition) is 3. The van der Waals surface area contributed by atoms with Crippen LogP contribution in [0.5, 0.6) is 0 Å². The van der Waals surface area contributed by atoms with Gasteiger partial charge in [0.1, 0.15) is 5.82 Å². The molecule has 0 saturated carbocycles. The summed E-state index contributed by atoms with van der Waals surface area (Å²) in [4.78, 5) is 11.9. The molecule has 2 rings (SSSR count). The predicted molar refractivity (Wildman–Crippen MR) is 71.5 cm³/mol. The average molecular weight is 360 g/mol. The zero-order valence-electron chi connectivity index (χ0n) is 9.54. The lowest BCUT2D eigenvalue weighted by atomic mass is 10.2. The van der Waals surface area contributed by atoms with E-state index in [0.717, 1.165) is 5.69 Å². The Labute approximate surface area is 117 Å². The second kappa shape index (κ2) is 5.47. The zero-order valence-corrected chi connectivity index (χ0v) is 11.7. The van der Waals surface area contributed by atoms with Gasteiger partial charge in [-0.05, 0) is 47.7 Å². The van der Waals surface area contributed by atoms with Crippen molar-refractivity contribution in [2.45, 2.75) is 13.5 Å². The zero-order chi connectivity index (χ0) is 13.1. The standard InChI is InChI=1S/C12H10FIN2O2/c1-7-4-9(18-16-7)6-15-12(17)10-3-2-8(13)5-11(10)14/h2-5H,6H2,1H3,(H,15,17). The van der Waals surface area contributed by atoms with Crippen LogP contribution in [0.2, 0.25) is 0 Å². The average Bonchev–Trinajstić information content (AvgIpc) is 2.72. The molecule has 1 N–H and O–H groups in total. The number of halogens is 2. The molecule has 0 aliphatic rings. The van der Waals surface area contributed by atoms with Crippen LogP contribution < -0.4 is 5.32 Å². The van der Waals surface area contributed by atoms with Crippen molar-refractivity contribution >= 4 is 28.5 Å². The Morgan fingerprint density at radius 1 is 1.50 bits per heavy atom. The number of aromatic nitrogens is 1. The van der Waals surface area contributed by atoms with Crippen molar-refractivity contribution in [2.75, 3.05) is 0 Å². The molecule has 0 bridgehead atoms. The summed E-state index contributed by atoms with van der Waals surface area (Å²) in [6.07, 6.45) is 0. The van der Waals surface area contributed by atoms with Crippen LogP contribution in [0.3, 0.4) is 0 Å². The van der Waals surface area contributed by atoms with Gasteiger partial charge in [-0.1, -0.05) is 5.16 Å². The maximum atomic E-state index is 12.9. The molecular weight excluding hydrogens is 350 g/mol. The van der Waals surface area contributed by atoms with Crippen LogP contribution in [0.1, 0.15) is 21.8 Å². The van der Waals surface area contributed by atoms with Crippen molar-refractivity contribution in [1.29, 1.82) is 0 Å². The molecule has 0 aliphatic carbocycles. The first-order valence-electron chi connectivity index (χ1n) is 5.21. The highest BCUT2D eigenvalue weighted by Gasteiger charge is 2.11. The fourth-order valence-electron chi connectivity index (χ4n) is 1.44. The van der Waals surface area contributed by atoms with E-state index in [1.807, 2.05) is 22.6 Å². The van der Waals surface area contributed by atoms with Gasteiger partial charge in [-0.25, -0.2) is 4.39 Å². The highest BCUT2D eigenvalue weighted by molar-refractivity contribution is 14.1. The normalized spacial score (nSPS) is 10.4. The lowest BCUT2D eigenvalue weighted by molar-refractivity contribution is 0.0946. The fourth-order valence-corrected chi connectivity index (χ4v) is 2.16. The lowest BCUT2D eigenvalue weighted by Gasteiger charge is -2.05. The van der Waals surface area contributed by atoms with Crippen LogP contribution in [0.4, 0.5) is 4.39 Å². The van der Waals surface area contributed by atoms with E-state index in [-0.39, 0.29) is 18.3 Å². The molecule has 18 heavy (non-hydrogen) atoms. The van der Waals surface area contributed by atoms with Gasteiger partial charge in [-0.2, -0.15) is 0 Å². The monoisotopic (exact) mass is 360 g/mol. The molecule has 1 heterocycles. The van der Waals surface area contributed by atoms with E-state index in [0.29, 0.717) is 14.9 Å². The molecule has 6 heteroatoms. The van der Waals surface area contributed by atoms with E-state index in [1.54, 1.807) is 13.0 Å². The molecular formula is C12H10FIN2O2. The van der Waals surface area contributed by atoms with Gasteiger partial charge in [0.15, 0.2) is 5.76 Å². The molecule has 0 atom stereocenters. The van der Waals surface area contributed by atoms with Crippen LogP contribution in [0.25, 0.3) is 0 Å². The van der Waals surface area contributed by atoms with E-state index in [9.17, 15) is 9.18 Å². The summed E-state index contributed by atoms with van der Waals surface area (Å²) in [5.41, 5.74) is 1.20. The maximum absolute atomic E-state index is 12.9. The van der Waals surface area contributed by atoms with Crippen LogP contribution in [0.15, 0.2) is 28.8 Å². The lowest BCUT2D eigenvalue weighted by Crippen LogP contribution is -2.23. The van der Waals surface area contributed by atoms with Gasteiger partial charge in [0.25, 0.3) is 5.91 Å². The Bertz CT molecular complexity index is 583. The Hall–Kier alpha value is -1.44. The Morgan fingerprint density at radius 2 is 2.28 bits per heavy atom. The molecule has 4 nitrogen and oxygen atoms in total. The van der Waals surface area contributed by atoms with Gasteiger partial charge < -0.3 is 9.84 Å². The molecule has 0 unspecified atom stereocenters. The van der Waals surface area contributed by atoms with Crippen LogP contribution in [-0.4, -0.2) is 11.1 Å². The molecule has 0 fully saturated rings. The van der Waals surface area contributed by atoms with Crippen molar-refractivity contribution in [2.24, 2.45) is 0 Å². The van der Waals surface area contributed by atoms with Gasteiger partial charge in [0.05, 0.1) is 17.8 Å². The number of nitrogens with zero attached hydrogens (tertiary/aromatic N) is 1. The second-order valence-corrected chi connectivity index (χ2v) is 4.90. The van der Waals surface area contributed by atoms with Crippen molar-refractivity contribution in [1.82, 2.24) is 10.5 Å². The number of rotatable bonds is 3. The number of carbonyl (C=O) groups excluding carboxylic acids is 1. The third-order valence-corrected chi connectivity index (χ3v) is 3.17. The van der Waals surface area contributed by atoms with Gasteiger partial charge in [0.2, 0.25) is 0 Å². The minimum absolute atomic E-state index is 0.257. The summed E-state index contributed by atoms with van der Waals surface area (Å²) in [6.45, 7) is 2.06. The summed E-state index contributed by atoms with van der Waals surface area (Å²) >= 11 is 1.92. The fraction of sp³-hybridized carbons (Fsp3) is 0.167. The number of nitrogens with one attached hydrogen (secondary N) is 1. The molecule has 0 radical (unpaired) electrons. The minimum atomic E-state index is -0.359. The topological polar surface area (TPSA) is 55.1 Å². The number of benzene rings is 1. The number of carbonyl (C=O) groups is 1. The third-order valence-electron chi connectivity index (χ3n) is 2.28. The van der Waals surface area contributed by atoms with E-state index in [4.69, 9.17) is 4.52 Å². The molecule has 2 aromatic rings.